The predicted molar refractivity (Wildman–Crippen MR) is 70.4 cm³/mol. The second kappa shape index (κ2) is 3.96. The second-order valence-electron chi connectivity index (χ2n) is 3.81. The van der Waals surface area contributed by atoms with Crippen molar-refractivity contribution < 1.29 is 9.59 Å². The van der Waals surface area contributed by atoms with E-state index >= 15 is 0 Å². The van der Waals surface area contributed by atoms with Crippen LogP contribution in [0.25, 0.3) is 5.70 Å². The van der Waals surface area contributed by atoms with Gasteiger partial charge in [0.25, 0.3) is 11.8 Å². The van der Waals surface area contributed by atoms with Crippen molar-refractivity contribution in [2.45, 2.75) is 0 Å². The van der Waals surface area contributed by atoms with Gasteiger partial charge in [-0.15, -0.1) is 0 Å². The third kappa shape index (κ3) is 1.52. The fraction of sp³-hybridized carbons (Fsp3) is 0. The van der Waals surface area contributed by atoms with E-state index in [-0.39, 0.29) is 5.57 Å². The molecule has 0 atom stereocenters. The average molecular weight is 256 g/mol. The number of nitrogens with zero attached hydrogens (tertiary/aromatic N) is 2. The van der Waals surface area contributed by atoms with E-state index in [1.165, 1.54) is 16.7 Å². The molecule has 3 rings (SSSR count). The van der Waals surface area contributed by atoms with Crippen molar-refractivity contribution in [3.8, 4) is 0 Å². The molecule has 0 aliphatic carbocycles. The van der Waals surface area contributed by atoms with Gasteiger partial charge < -0.3 is 0 Å². The molecule has 0 fully saturated rings. The highest BCUT2D eigenvalue weighted by molar-refractivity contribution is 8.17. The predicted octanol–water partition coefficient (Wildman–Crippen LogP) is 2.01. The maximum atomic E-state index is 12.1. The fourth-order valence-electron chi connectivity index (χ4n) is 1.78. The van der Waals surface area contributed by atoms with Crippen LogP contribution < -0.4 is 0 Å². The number of fused-ring (bicyclic) bond motifs is 1. The summed E-state index contributed by atoms with van der Waals surface area (Å²) in [6.45, 7) is 3.48. The molecule has 0 saturated heterocycles. The zero-order chi connectivity index (χ0) is 12.7. The van der Waals surface area contributed by atoms with Crippen LogP contribution in [-0.4, -0.2) is 21.9 Å². The zero-order valence-corrected chi connectivity index (χ0v) is 10.1. The molecule has 1 aromatic rings. The molecule has 5 heteroatoms. The molecule has 0 radical (unpaired) electrons. The summed E-state index contributed by atoms with van der Waals surface area (Å²) in [5.41, 5.74) is 1.55. The number of hydrogen-bond donors (Lipinski definition) is 0. The molecular formula is C13H8N2O2S. The summed E-state index contributed by atoms with van der Waals surface area (Å²) in [6.07, 6.45) is 0. The van der Waals surface area contributed by atoms with E-state index in [9.17, 15) is 9.59 Å². The number of rotatable bonds is 1. The molecule has 2 aliphatic rings. The van der Waals surface area contributed by atoms with E-state index in [2.05, 4.69) is 11.6 Å². The lowest BCUT2D eigenvalue weighted by molar-refractivity contribution is -0.125. The molecule has 2 amide bonds. The van der Waals surface area contributed by atoms with Crippen LogP contribution in [0.5, 0.6) is 0 Å². The summed E-state index contributed by atoms with van der Waals surface area (Å²) < 4.78 is 0. The van der Waals surface area contributed by atoms with E-state index in [1.54, 1.807) is 0 Å². The van der Waals surface area contributed by atoms with Crippen LogP contribution in [0.3, 0.4) is 0 Å². The van der Waals surface area contributed by atoms with Crippen LogP contribution >= 0.6 is 11.8 Å². The zero-order valence-electron chi connectivity index (χ0n) is 9.29. The number of benzene rings is 1. The summed E-state index contributed by atoms with van der Waals surface area (Å²) in [6, 6.07) is 9.50. The summed E-state index contributed by atoms with van der Waals surface area (Å²) in [7, 11) is 0. The number of carbonyl (C=O) groups excluding carboxylic acids is 2. The summed E-state index contributed by atoms with van der Waals surface area (Å²) in [5, 5.41) is 2.22. The van der Waals surface area contributed by atoms with Crippen molar-refractivity contribution in [3.05, 3.63) is 53.5 Å². The molecule has 1 aromatic carbocycles. The Balaban J connectivity index is 2.07. The Morgan fingerprint density at radius 2 is 1.89 bits per heavy atom. The van der Waals surface area contributed by atoms with Crippen molar-refractivity contribution in [1.29, 1.82) is 0 Å². The van der Waals surface area contributed by atoms with Crippen LogP contribution in [0.2, 0.25) is 0 Å². The highest BCUT2D eigenvalue weighted by Gasteiger charge is 2.37. The molecule has 4 nitrogen and oxygen atoms in total. The minimum atomic E-state index is -0.554. The molecule has 2 aliphatic heterocycles. The first kappa shape index (κ1) is 11.0. The Bertz CT molecular complexity index is 632. The summed E-state index contributed by atoms with van der Waals surface area (Å²) in [5.74, 6) is -0.952. The maximum Gasteiger partial charge on any atom is 0.284 e. The Morgan fingerprint density at radius 3 is 2.61 bits per heavy atom. The van der Waals surface area contributed by atoms with E-state index in [1.807, 2.05) is 35.7 Å². The Labute approximate surface area is 108 Å². The number of amides is 2. The van der Waals surface area contributed by atoms with Gasteiger partial charge in [0.05, 0.1) is 5.70 Å². The van der Waals surface area contributed by atoms with Gasteiger partial charge in [-0.3, -0.25) is 14.5 Å². The van der Waals surface area contributed by atoms with Crippen LogP contribution in [0, 0.1) is 0 Å². The van der Waals surface area contributed by atoms with Gasteiger partial charge >= 0.3 is 0 Å². The average Bonchev–Trinajstić information content (AvgIpc) is 2.81. The highest BCUT2D eigenvalue weighted by Crippen LogP contribution is 2.36. The topological polar surface area (TPSA) is 49.7 Å². The molecule has 0 aromatic heterocycles. The molecule has 2 heterocycles. The molecule has 0 N–H and O–H groups in total. The van der Waals surface area contributed by atoms with Crippen molar-refractivity contribution in [2.75, 3.05) is 0 Å². The van der Waals surface area contributed by atoms with E-state index < -0.39 is 11.8 Å². The quantitative estimate of drug-likeness (QED) is 0.570. The largest absolute Gasteiger partial charge is 0.284 e. The lowest BCUT2D eigenvalue weighted by Crippen LogP contribution is -2.38. The smallest absolute Gasteiger partial charge is 0.268 e. The normalized spacial score (nSPS) is 18.7. The Hall–Kier alpha value is -2.14. The molecular weight excluding hydrogens is 248 g/mol. The van der Waals surface area contributed by atoms with Crippen LogP contribution in [0.15, 0.2) is 52.9 Å². The van der Waals surface area contributed by atoms with Gasteiger partial charge in [0.1, 0.15) is 5.57 Å². The summed E-state index contributed by atoms with van der Waals surface area (Å²) >= 11 is 1.27. The van der Waals surface area contributed by atoms with Gasteiger partial charge in [-0.1, -0.05) is 48.7 Å². The molecule has 0 spiro atoms. The number of amidine groups is 1. The Morgan fingerprint density at radius 1 is 1.17 bits per heavy atom. The van der Waals surface area contributed by atoms with Crippen molar-refractivity contribution >= 4 is 34.4 Å². The Kier molecular flexibility index (Phi) is 2.41. The van der Waals surface area contributed by atoms with Gasteiger partial charge in [0.2, 0.25) is 0 Å². The van der Waals surface area contributed by atoms with Crippen molar-refractivity contribution in [1.82, 2.24) is 4.90 Å². The van der Waals surface area contributed by atoms with Gasteiger partial charge in [0, 0.05) is 5.41 Å². The number of hydrogen-bond acceptors (Lipinski definition) is 3. The third-order valence-corrected chi connectivity index (χ3v) is 3.52. The van der Waals surface area contributed by atoms with E-state index in [0.717, 1.165) is 11.3 Å². The lowest BCUT2D eigenvalue weighted by Gasteiger charge is -2.23. The molecule has 0 unspecified atom stereocenters. The lowest BCUT2D eigenvalue weighted by atomic mass is 10.1. The van der Waals surface area contributed by atoms with Crippen LogP contribution in [0.1, 0.15) is 5.56 Å². The van der Waals surface area contributed by atoms with Gasteiger partial charge in [-0.05, 0) is 5.56 Å². The number of carbonyl (C=O) groups is 2. The van der Waals surface area contributed by atoms with Gasteiger partial charge in [-0.2, -0.15) is 4.99 Å². The van der Waals surface area contributed by atoms with E-state index in [4.69, 9.17) is 0 Å². The first-order valence-corrected chi connectivity index (χ1v) is 6.15. The van der Waals surface area contributed by atoms with Crippen molar-refractivity contribution in [2.24, 2.45) is 4.99 Å². The van der Waals surface area contributed by atoms with Gasteiger partial charge in [0.15, 0.2) is 5.17 Å². The highest BCUT2D eigenvalue weighted by atomic mass is 32.2. The molecule has 18 heavy (non-hydrogen) atoms. The van der Waals surface area contributed by atoms with Crippen molar-refractivity contribution in [3.63, 3.8) is 0 Å². The molecule has 0 saturated carbocycles. The van der Waals surface area contributed by atoms with Crippen LogP contribution in [0.4, 0.5) is 0 Å². The molecule has 0 bridgehead atoms. The minimum absolute atomic E-state index is 0.0944. The second-order valence-corrected chi connectivity index (χ2v) is 4.64. The van der Waals surface area contributed by atoms with Crippen LogP contribution in [-0.2, 0) is 9.59 Å². The first-order valence-electron chi connectivity index (χ1n) is 5.27. The third-order valence-electron chi connectivity index (χ3n) is 2.69. The fourth-order valence-corrected chi connectivity index (χ4v) is 2.66. The maximum absolute atomic E-state index is 12.1. The van der Waals surface area contributed by atoms with E-state index in [0.29, 0.717) is 5.17 Å². The SMILES string of the molecule is C=C1C(=O)N=C2SC=C(c3ccccc3)N2C1=O. The molecule has 88 valence electrons. The standard InChI is InChI=1S/C13H8N2O2S/c1-8-11(16)14-13-15(12(8)17)10(7-18-13)9-5-3-2-4-6-9/h2-7H,1H2. The first-order chi connectivity index (χ1) is 8.68. The number of aliphatic imine (C=N–C) groups is 1. The summed E-state index contributed by atoms with van der Waals surface area (Å²) in [4.78, 5) is 28.8. The minimum Gasteiger partial charge on any atom is -0.268 e. The number of thioether (sulfide) groups is 1. The van der Waals surface area contributed by atoms with Gasteiger partial charge in [-0.25, -0.2) is 0 Å². The monoisotopic (exact) mass is 256 g/mol.